The van der Waals surface area contributed by atoms with Gasteiger partial charge in [-0.05, 0) is 18.9 Å². The van der Waals surface area contributed by atoms with Gasteiger partial charge in [0.1, 0.15) is 6.10 Å². The number of carbonyl (C=O) groups excluding carboxylic acids is 1. The molecular weight excluding hydrogens is 268 g/mol. The molecule has 2 N–H and O–H groups in total. The van der Waals surface area contributed by atoms with Gasteiger partial charge in [0.25, 0.3) is 0 Å². The molecule has 0 saturated carbocycles. The molecule has 2 rings (SSSR count). The Labute approximate surface area is 126 Å². The van der Waals surface area contributed by atoms with E-state index < -0.39 is 0 Å². The molecule has 0 radical (unpaired) electrons. The van der Waals surface area contributed by atoms with Crippen LogP contribution in [0.4, 0.5) is 0 Å². The number of nitrogens with one attached hydrogen (secondary N) is 2. The van der Waals surface area contributed by atoms with Gasteiger partial charge in [0.05, 0.1) is 12.7 Å². The number of ether oxygens (including phenoxy) is 2. The van der Waals surface area contributed by atoms with Gasteiger partial charge in [0.15, 0.2) is 0 Å². The number of hydrogen-bond donors (Lipinski definition) is 2. The summed E-state index contributed by atoms with van der Waals surface area (Å²) in [6.07, 6.45) is 0.513. The first-order valence-electron chi connectivity index (χ1n) is 7.54. The average Bonchev–Trinajstić information content (AvgIpc) is 2.55. The lowest BCUT2D eigenvalue weighted by atomic mass is 10.1. The minimum atomic E-state index is -0.358. The summed E-state index contributed by atoms with van der Waals surface area (Å²) in [5, 5.41) is 6.02. The summed E-state index contributed by atoms with van der Waals surface area (Å²) in [6.45, 7) is 5.27. The van der Waals surface area contributed by atoms with Gasteiger partial charge in [-0.3, -0.25) is 4.79 Å². The molecule has 2 atom stereocenters. The molecule has 1 fully saturated rings. The Bertz CT molecular complexity index is 419. The van der Waals surface area contributed by atoms with Crippen molar-refractivity contribution < 1.29 is 14.3 Å². The molecule has 21 heavy (non-hydrogen) atoms. The highest BCUT2D eigenvalue weighted by Crippen LogP contribution is 2.15. The van der Waals surface area contributed by atoms with Crippen molar-refractivity contribution in [3.63, 3.8) is 0 Å². The van der Waals surface area contributed by atoms with Crippen LogP contribution < -0.4 is 10.6 Å². The van der Waals surface area contributed by atoms with Crippen LogP contribution in [-0.2, 0) is 14.3 Å². The maximum Gasteiger partial charge on any atom is 0.250 e. The van der Waals surface area contributed by atoms with E-state index in [0.717, 1.165) is 13.0 Å². The molecule has 1 aromatic carbocycles. The average molecular weight is 292 g/mol. The first-order chi connectivity index (χ1) is 10.3. The third-order valence-corrected chi connectivity index (χ3v) is 3.48. The van der Waals surface area contributed by atoms with Crippen LogP contribution >= 0.6 is 0 Å². The fourth-order valence-corrected chi connectivity index (χ4v) is 2.21. The van der Waals surface area contributed by atoms with Gasteiger partial charge in [0, 0.05) is 26.2 Å². The third-order valence-electron chi connectivity index (χ3n) is 3.48. The minimum Gasteiger partial charge on any atom is -0.374 e. The number of hydrogen-bond acceptors (Lipinski definition) is 4. The fraction of sp³-hybridized carbons (Fsp3) is 0.562. The highest BCUT2D eigenvalue weighted by Gasteiger charge is 2.20. The molecule has 1 aliphatic rings. The van der Waals surface area contributed by atoms with Gasteiger partial charge in [-0.15, -0.1) is 0 Å². The highest BCUT2D eigenvalue weighted by molar-refractivity contribution is 5.81. The second kappa shape index (κ2) is 8.77. The zero-order valence-electron chi connectivity index (χ0n) is 12.5. The molecule has 0 spiro atoms. The first kappa shape index (κ1) is 15.9. The molecule has 0 bridgehead atoms. The van der Waals surface area contributed by atoms with Crippen LogP contribution in [0.5, 0.6) is 0 Å². The smallest absolute Gasteiger partial charge is 0.250 e. The molecule has 5 nitrogen and oxygen atoms in total. The molecule has 1 aromatic rings. The van der Waals surface area contributed by atoms with E-state index in [0.29, 0.717) is 26.3 Å². The van der Waals surface area contributed by atoms with Gasteiger partial charge in [-0.2, -0.15) is 0 Å². The lowest BCUT2D eigenvalue weighted by Crippen LogP contribution is -2.48. The Morgan fingerprint density at radius 2 is 2.29 bits per heavy atom. The Hall–Kier alpha value is -1.43. The third kappa shape index (κ3) is 5.46. The summed E-state index contributed by atoms with van der Waals surface area (Å²) in [5.74, 6) is -0.0432. The van der Waals surface area contributed by atoms with Crippen LogP contribution in [0.25, 0.3) is 0 Å². The summed E-state index contributed by atoms with van der Waals surface area (Å²) >= 11 is 0. The maximum absolute atomic E-state index is 11.8. The molecule has 1 heterocycles. The number of amides is 1. The van der Waals surface area contributed by atoms with E-state index in [9.17, 15) is 4.79 Å². The Morgan fingerprint density at radius 1 is 1.48 bits per heavy atom. The zero-order chi connectivity index (χ0) is 14.9. The van der Waals surface area contributed by atoms with Gasteiger partial charge < -0.3 is 20.1 Å². The predicted octanol–water partition coefficient (Wildman–Crippen LogP) is 1.26. The van der Waals surface area contributed by atoms with Crippen molar-refractivity contribution in [3.8, 4) is 0 Å². The van der Waals surface area contributed by atoms with Crippen LogP contribution in [0.15, 0.2) is 30.3 Å². The normalized spacial score (nSPS) is 20.0. The van der Waals surface area contributed by atoms with Crippen molar-refractivity contribution in [1.29, 1.82) is 0 Å². The number of carbonyl (C=O) groups is 1. The van der Waals surface area contributed by atoms with E-state index in [4.69, 9.17) is 9.47 Å². The molecule has 1 amide bonds. The van der Waals surface area contributed by atoms with Crippen LogP contribution in [0, 0.1) is 0 Å². The molecular formula is C16H24N2O3. The fourth-order valence-electron chi connectivity index (χ4n) is 2.21. The Morgan fingerprint density at radius 3 is 3.00 bits per heavy atom. The molecule has 116 valence electrons. The molecule has 0 aliphatic carbocycles. The van der Waals surface area contributed by atoms with E-state index in [1.54, 1.807) is 0 Å². The van der Waals surface area contributed by atoms with E-state index in [1.165, 1.54) is 5.56 Å². The standard InChI is InChI=1S/C16H24N2O3/c1-13(14-6-3-2-4-7-14)20-10-5-8-18-16(19)15-12-17-9-11-21-15/h2-4,6-7,13,15,17H,5,8-12H2,1H3,(H,18,19). The lowest BCUT2D eigenvalue weighted by molar-refractivity contribution is -0.134. The van der Waals surface area contributed by atoms with Crippen LogP contribution in [0.1, 0.15) is 25.0 Å². The predicted molar refractivity (Wildman–Crippen MR) is 81.0 cm³/mol. The van der Waals surface area contributed by atoms with E-state index >= 15 is 0 Å². The van der Waals surface area contributed by atoms with Crippen molar-refractivity contribution in [2.45, 2.75) is 25.6 Å². The van der Waals surface area contributed by atoms with E-state index in [1.807, 2.05) is 25.1 Å². The first-order valence-corrected chi connectivity index (χ1v) is 7.54. The SMILES string of the molecule is CC(OCCCNC(=O)C1CNCCO1)c1ccccc1. The number of benzene rings is 1. The Balaban J connectivity index is 1.56. The summed E-state index contributed by atoms with van der Waals surface area (Å²) in [4.78, 5) is 11.8. The van der Waals surface area contributed by atoms with Crippen molar-refractivity contribution >= 4 is 5.91 Å². The van der Waals surface area contributed by atoms with Crippen LogP contribution in [-0.4, -0.2) is 44.9 Å². The highest BCUT2D eigenvalue weighted by atomic mass is 16.5. The van der Waals surface area contributed by atoms with Crippen molar-refractivity contribution in [1.82, 2.24) is 10.6 Å². The van der Waals surface area contributed by atoms with E-state index in [-0.39, 0.29) is 18.1 Å². The van der Waals surface area contributed by atoms with E-state index in [2.05, 4.69) is 22.8 Å². The molecule has 2 unspecified atom stereocenters. The van der Waals surface area contributed by atoms with Gasteiger partial charge in [-0.25, -0.2) is 0 Å². The van der Waals surface area contributed by atoms with Crippen molar-refractivity contribution in [2.24, 2.45) is 0 Å². The van der Waals surface area contributed by atoms with Gasteiger partial charge in [-0.1, -0.05) is 30.3 Å². The summed E-state index contributed by atoms with van der Waals surface area (Å²) in [5.41, 5.74) is 1.17. The van der Waals surface area contributed by atoms with Gasteiger partial charge >= 0.3 is 0 Å². The monoisotopic (exact) mass is 292 g/mol. The van der Waals surface area contributed by atoms with Crippen molar-refractivity contribution in [2.75, 3.05) is 32.8 Å². The minimum absolute atomic E-state index is 0.0432. The van der Waals surface area contributed by atoms with Gasteiger partial charge in [0.2, 0.25) is 5.91 Å². The Kier molecular flexibility index (Phi) is 6.66. The second-order valence-corrected chi connectivity index (χ2v) is 5.13. The second-order valence-electron chi connectivity index (χ2n) is 5.13. The summed E-state index contributed by atoms with van der Waals surface area (Å²) in [7, 11) is 0. The maximum atomic E-state index is 11.8. The zero-order valence-corrected chi connectivity index (χ0v) is 12.5. The summed E-state index contributed by atoms with van der Waals surface area (Å²) < 4.78 is 11.1. The largest absolute Gasteiger partial charge is 0.374 e. The number of rotatable bonds is 7. The lowest BCUT2D eigenvalue weighted by Gasteiger charge is -2.22. The molecule has 5 heteroatoms. The molecule has 1 saturated heterocycles. The molecule has 0 aromatic heterocycles. The summed E-state index contributed by atoms with van der Waals surface area (Å²) in [6, 6.07) is 10.1. The molecule has 1 aliphatic heterocycles. The number of morpholine rings is 1. The quantitative estimate of drug-likeness (QED) is 0.743. The van der Waals surface area contributed by atoms with Crippen LogP contribution in [0.3, 0.4) is 0 Å². The topological polar surface area (TPSA) is 59.6 Å². The van der Waals surface area contributed by atoms with Crippen LogP contribution in [0.2, 0.25) is 0 Å². The van der Waals surface area contributed by atoms with Crippen molar-refractivity contribution in [3.05, 3.63) is 35.9 Å².